The summed E-state index contributed by atoms with van der Waals surface area (Å²) in [4.78, 5) is 4.45. The summed E-state index contributed by atoms with van der Waals surface area (Å²) in [5, 5.41) is 5.71. The third kappa shape index (κ3) is 1.88. The zero-order valence-electron chi connectivity index (χ0n) is 11.4. The Morgan fingerprint density at radius 1 is 1.25 bits per heavy atom. The van der Waals surface area contributed by atoms with Gasteiger partial charge in [0, 0.05) is 18.1 Å². The fourth-order valence-electron chi connectivity index (χ4n) is 2.42. The molecule has 0 saturated heterocycles. The molecule has 0 spiro atoms. The first-order chi connectivity index (χ1) is 9.49. The maximum atomic E-state index is 14.0. The van der Waals surface area contributed by atoms with Crippen molar-refractivity contribution < 1.29 is 4.39 Å². The van der Waals surface area contributed by atoms with E-state index in [1.54, 1.807) is 16.8 Å². The second kappa shape index (κ2) is 4.56. The Balaban J connectivity index is 2.34. The van der Waals surface area contributed by atoms with Gasteiger partial charge in [-0.25, -0.2) is 9.37 Å². The van der Waals surface area contributed by atoms with Crippen molar-refractivity contribution in [2.24, 2.45) is 7.05 Å². The summed E-state index contributed by atoms with van der Waals surface area (Å²) in [6, 6.07) is 6.47. The number of hydrogen-bond acceptors (Lipinski definition) is 2. The molecule has 0 atom stereocenters. The number of hydrogen-bond donors (Lipinski definition) is 0. The lowest BCUT2D eigenvalue weighted by molar-refractivity contribution is 0.631. The number of fused-ring (bicyclic) bond motifs is 1. The van der Waals surface area contributed by atoms with E-state index >= 15 is 0 Å². The summed E-state index contributed by atoms with van der Waals surface area (Å²) in [5.41, 5.74) is 3.49. The molecule has 5 heteroatoms. The number of rotatable bonds is 1. The van der Waals surface area contributed by atoms with E-state index in [-0.39, 0.29) is 5.82 Å². The van der Waals surface area contributed by atoms with Crippen molar-refractivity contribution in [1.82, 2.24) is 14.8 Å². The van der Waals surface area contributed by atoms with Crippen molar-refractivity contribution in [3.05, 3.63) is 46.4 Å². The van der Waals surface area contributed by atoms with Crippen molar-refractivity contribution in [2.75, 3.05) is 0 Å². The van der Waals surface area contributed by atoms with Crippen LogP contribution in [0, 0.1) is 19.7 Å². The molecule has 0 radical (unpaired) electrons. The van der Waals surface area contributed by atoms with Crippen LogP contribution in [0.25, 0.3) is 22.3 Å². The predicted molar refractivity (Wildman–Crippen MR) is 78.4 cm³/mol. The average molecular weight is 290 g/mol. The molecule has 0 saturated carbocycles. The Kier molecular flexibility index (Phi) is 2.98. The molecule has 20 heavy (non-hydrogen) atoms. The van der Waals surface area contributed by atoms with Crippen LogP contribution in [-0.2, 0) is 7.05 Å². The minimum atomic E-state index is -0.378. The monoisotopic (exact) mass is 289 g/mol. The van der Waals surface area contributed by atoms with Crippen molar-refractivity contribution in [3.8, 4) is 11.3 Å². The van der Waals surface area contributed by atoms with Gasteiger partial charge in [0.05, 0.1) is 16.3 Å². The number of benzene rings is 1. The van der Waals surface area contributed by atoms with Gasteiger partial charge in [0.2, 0.25) is 0 Å². The first kappa shape index (κ1) is 13.1. The van der Waals surface area contributed by atoms with Gasteiger partial charge in [0.1, 0.15) is 5.82 Å². The van der Waals surface area contributed by atoms with Gasteiger partial charge in [0.15, 0.2) is 5.65 Å². The third-order valence-electron chi connectivity index (χ3n) is 3.51. The number of aromatic nitrogens is 3. The summed E-state index contributed by atoms with van der Waals surface area (Å²) in [5.74, 6) is -0.378. The summed E-state index contributed by atoms with van der Waals surface area (Å²) >= 11 is 6.10. The van der Waals surface area contributed by atoms with E-state index in [4.69, 9.17) is 11.6 Å². The molecule has 0 bridgehead atoms. The second-order valence-electron chi connectivity index (χ2n) is 4.83. The molecule has 3 aromatic rings. The van der Waals surface area contributed by atoms with Crippen LogP contribution in [0.3, 0.4) is 0 Å². The molecule has 0 fully saturated rings. The zero-order valence-corrected chi connectivity index (χ0v) is 12.2. The van der Waals surface area contributed by atoms with Crippen LogP contribution in [0.15, 0.2) is 24.3 Å². The van der Waals surface area contributed by atoms with Crippen LogP contribution >= 0.6 is 11.6 Å². The van der Waals surface area contributed by atoms with Crippen LogP contribution in [0.2, 0.25) is 5.02 Å². The molecule has 2 aromatic heterocycles. The zero-order chi connectivity index (χ0) is 14.4. The summed E-state index contributed by atoms with van der Waals surface area (Å²) < 4.78 is 15.8. The van der Waals surface area contributed by atoms with E-state index in [0.29, 0.717) is 21.9 Å². The number of aryl methyl sites for hydroxylation is 3. The van der Waals surface area contributed by atoms with Gasteiger partial charge >= 0.3 is 0 Å². The van der Waals surface area contributed by atoms with Crippen molar-refractivity contribution >= 4 is 22.6 Å². The Labute approximate surface area is 121 Å². The second-order valence-corrected chi connectivity index (χ2v) is 5.24. The highest BCUT2D eigenvalue weighted by atomic mass is 35.5. The van der Waals surface area contributed by atoms with Gasteiger partial charge in [-0.15, -0.1) is 0 Å². The molecule has 0 aliphatic heterocycles. The van der Waals surface area contributed by atoms with E-state index in [1.165, 1.54) is 6.07 Å². The highest BCUT2D eigenvalue weighted by molar-refractivity contribution is 6.33. The van der Waals surface area contributed by atoms with Gasteiger partial charge in [-0.1, -0.05) is 17.7 Å². The molecule has 2 heterocycles. The normalized spacial score (nSPS) is 11.2. The van der Waals surface area contributed by atoms with Gasteiger partial charge < -0.3 is 0 Å². The van der Waals surface area contributed by atoms with Gasteiger partial charge in [-0.2, -0.15) is 5.10 Å². The molecular formula is C15H13ClFN3. The fourth-order valence-corrected chi connectivity index (χ4v) is 2.68. The van der Waals surface area contributed by atoms with Crippen LogP contribution < -0.4 is 0 Å². The SMILES string of the molecule is Cc1cc(-c2c(F)cccc2Cl)nc2nn(C)c(C)c12. The summed E-state index contributed by atoms with van der Waals surface area (Å²) in [6.07, 6.45) is 0. The van der Waals surface area contributed by atoms with E-state index in [2.05, 4.69) is 10.1 Å². The lowest BCUT2D eigenvalue weighted by Gasteiger charge is -2.07. The molecule has 0 aliphatic carbocycles. The molecule has 0 aliphatic rings. The Hall–Kier alpha value is -1.94. The minimum Gasteiger partial charge on any atom is -0.270 e. The van der Waals surface area contributed by atoms with Crippen LogP contribution in [0.4, 0.5) is 4.39 Å². The standard InChI is InChI=1S/C15H13ClFN3/c1-8-7-12(14-10(16)5-4-6-11(14)17)18-15-13(8)9(2)20(3)19-15/h4-7H,1-3H3. The van der Waals surface area contributed by atoms with E-state index in [0.717, 1.165) is 16.6 Å². The lowest BCUT2D eigenvalue weighted by Crippen LogP contribution is -1.92. The van der Waals surface area contributed by atoms with Crippen molar-refractivity contribution in [3.63, 3.8) is 0 Å². The lowest BCUT2D eigenvalue weighted by atomic mass is 10.1. The van der Waals surface area contributed by atoms with E-state index < -0.39 is 0 Å². The summed E-state index contributed by atoms with van der Waals surface area (Å²) in [6.45, 7) is 3.96. The molecule has 3 rings (SSSR count). The largest absolute Gasteiger partial charge is 0.270 e. The molecule has 0 N–H and O–H groups in total. The molecule has 102 valence electrons. The molecule has 3 nitrogen and oxygen atoms in total. The van der Waals surface area contributed by atoms with Gasteiger partial charge in [-0.05, 0) is 37.6 Å². The van der Waals surface area contributed by atoms with Crippen molar-refractivity contribution in [1.29, 1.82) is 0 Å². The van der Waals surface area contributed by atoms with E-state index in [9.17, 15) is 4.39 Å². The topological polar surface area (TPSA) is 30.7 Å². The Bertz CT molecular complexity index is 803. The van der Waals surface area contributed by atoms with Gasteiger partial charge in [0.25, 0.3) is 0 Å². The van der Waals surface area contributed by atoms with Crippen LogP contribution in [-0.4, -0.2) is 14.8 Å². The first-order valence-electron chi connectivity index (χ1n) is 6.24. The maximum Gasteiger partial charge on any atom is 0.182 e. The highest BCUT2D eigenvalue weighted by Gasteiger charge is 2.15. The fraction of sp³-hybridized carbons (Fsp3) is 0.200. The van der Waals surface area contributed by atoms with Crippen LogP contribution in [0.5, 0.6) is 0 Å². The quantitative estimate of drug-likeness (QED) is 0.677. The molecule has 0 amide bonds. The highest BCUT2D eigenvalue weighted by Crippen LogP contribution is 2.32. The summed E-state index contributed by atoms with van der Waals surface area (Å²) in [7, 11) is 1.87. The number of nitrogens with zero attached hydrogens (tertiary/aromatic N) is 3. The van der Waals surface area contributed by atoms with E-state index in [1.807, 2.05) is 27.0 Å². The smallest absolute Gasteiger partial charge is 0.182 e. The predicted octanol–water partition coefficient (Wildman–Crippen LogP) is 4.04. The average Bonchev–Trinajstić information content (AvgIpc) is 2.65. The molecule has 1 aromatic carbocycles. The third-order valence-corrected chi connectivity index (χ3v) is 3.82. The number of pyridine rings is 1. The first-order valence-corrected chi connectivity index (χ1v) is 6.62. The Morgan fingerprint density at radius 2 is 2.00 bits per heavy atom. The van der Waals surface area contributed by atoms with Crippen molar-refractivity contribution in [2.45, 2.75) is 13.8 Å². The molecule has 0 unspecified atom stereocenters. The minimum absolute atomic E-state index is 0.322. The maximum absolute atomic E-state index is 14.0. The molecular weight excluding hydrogens is 277 g/mol. The number of halogens is 2. The van der Waals surface area contributed by atoms with Gasteiger partial charge in [-0.3, -0.25) is 4.68 Å². The van der Waals surface area contributed by atoms with Crippen LogP contribution in [0.1, 0.15) is 11.3 Å². The Morgan fingerprint density at radius 3 is 2.70 bits per heavy atom.